The Bertz CT molecular complexity index is 1180. The summed E-state index contributed by atoms with van der Waals surface area (Å²) in [5.41, 5.74) is 3.02. The second-order valence-electron chi connectivity index (χ2n) is 7.57. The molecule has 2 aliphatic rings. The van der Waals surface area contributed by atoms with E-state index >= 15 is 0 Å². The second kappa shape index (κ2) is 7.06. The van der Waals surface area contributed by atoms with Gasteiger partial charge in [-0.15, -0.1) is 0 Å². The van der Waals surface area contributed by atoms with E-state index in [2.05, 4.69) is 5.32 Å². The van der Waals surface area contributed by atoms with Crippen molar-refractivity contribution in [3.8, 4) is 0 Å². The van der Waals surface area contributed by atoms with Crippen molar-refractivity contribution in [2.75, 3.05) is 11.9 Å². The Kier molecular flexibility index (Phi) is 4.35. The molecule has 0 aliphatic carbocycles. The van der Waals surface area contributed by atoms with Gasteiger partial charge in [-0.25, -0.2) is 8.78 Å². The average Bonchev–Trinajstić information content (AvgIpc) is 2.76. The summed E-state index contributed by atoms with van der Waals surface area (Å²) in [5.74, 6) is -2.82. The monoisotopic (exact) mass is 404 g/mol. The van der Waals surface area contributed by atoms with Gasteiger partial charge in [0.25, 0.3) is 5.91 Å². The van der Waals surface area contributed by atoms with Gasteiger partial charge in [0.2, 0.25) is 5.91 Å². The predicted molar refractivity (Wildman–Crippen MR) is 108 cm³/mol. The highest BCUT2D eigenvalue weighted by molar-refractivity contribution is 6.04. The number of nitrogens with zero attached hydrogens (tertiary/aromatic N) is 1. The first kappa shape index (κ1) is 18.5. The zero-order valence-corrected chi connectivity index (χ0v) is 15.9. The van der Waals surface area contributed by atoms with Crippen molar-refractivity contribution in [2.24, 2.45) is 0 Å². The summed E-state index contributed by atoms with van der Waals surface area (Å²) in [6.07, 6.45) is 0.710. The van der Waals surface area contributed by atoms with Crippen molar-refractivity contribution in [3.05, 3.63) is 101 Å². The quantitative estimate of drug-likeness (QED) is 0.687. The van der Waals surface area contributed by atoms with Crippen LogP contribution in [0.3, 0.4) is 0 Å². The Labute approximate surface area is 172 Å². The first-order valence-corrected chi connectivity index (χ1v) is 9.78. The van der Waals surface area contributed by atoms with E-state index in [4.69, 9.17) is 0 Å². The van der Waals surface area contributed by atoms with Gasteiger partial charge in [0, 0.05) is 18.2 Å². The Hall–Kier alpha value is -3.54. The maximum atomic E-state index is 14.2. The van der Waals surface area contributed by atoms with Crippen LogP contribution in [0.5, 0.6) is 0 Å². The summed E-state index contributed by atoms with van der Waals surface area (Å²) in [5, 5.41) is 2.61. The molecular weight excluding hydrogens is 386 g/mol. The predicted octanol–water partition coefficient (Wildman–Crippen LogP) is 4.44. The maximum absolute atomic E-state index is 14.2. The fourth-order valence-corrected chi connectivity index (χ4v) is 4.56. The lowest BCUT2D eigenvalue weighted by Gasteiger charge is -2.45. The molecule has 0 fully saturated rings. The molecule has 6 heteroatoms. The summed E-state index contributed by atoms with van der Waals surface area (Å²) in [6, 6.07) is 17.4. The van der Waals surface area contributed by atoms with Crippen LogP contribution >= 0.6 is 0 Å². The van der Waals surface area contributed by atoms with Crippen LogP contribution < -0.4 is 5.32 Å². The SMILES string of the molecule is O=C(Nc1ccc(F)cc1F)[C@H]1c2ccccc2C(=O)N2CCc3ccccc3[C@@H]12. The van der Waals surface area contributed by atoms with Gasteiger partial charge in [-0.05, 0) is 41.3 Å². The smallest absolute Gasteiger partial charge is 0.254 e. The van der Waals surface area contributed by atoms with E-state index in [9.17, 15) is 18.4 Å². The largest absolute Gasteiger partial charge is 0.330 e. The standard InChI is InChI=1S/C24H18F2N2O2/c25-15-9-10-20(19(26)13-15)27-23(29)21-17-7-3-4-8-18(17)24(30)28-12-11-14-5-1-2-6-16(14)22(21)28/h1-10,13,21-22H,11-12H2,(H,27,29)/t21-,22-/m0/s1. The molecule has 30 heavy (non-hydrogen) atoms. The highest BCUT2D eigenvalue weighted by Crippen LogP contribution is 2.46. The summed E-state index contributed by atoms with van der Waals surface area (Å²) in [7, 11) is 0. The molecule has 5 rings (SSSR count). The van der Waals surface area contributed by atoms with E-state index < -0.39 is 29.5 Å². The lowest BCUT2D eigenvalue weighted by atomic mass is 9.76. The lowest BCUT2D eigenvalue weighted by Crippen LogP contribution is -2.49. The zero-order valence-electron chi connectivity index (χ0n) is 15.9. The van der Waals surface area contributed by atoms with Gasteiger partial charge in [-0.3, -0.25) is 9.59 Å². The summed E-state index contributed by atoms with van der Waals surface area (Å²) in [6.45, 7) is 0.504. The number of hydrogen-bond donors (Lipinski definition) is 1. The molecule has 0 unspecified atom stereocenters. The van der Waals surface area contributed by atoms with Crippen molar-refractivity contribution in [2.45, 2.75) is 18.4 Å². The first-order chi connectivity index (χ1) is 14.5. The number of fused-ring (bicyclic) bond motifs is 4. The van der Waals surface area contributed by atoms with Crippen LogP contribution in [-0.4, -0.2) is 23.3 Å². The van der Waals surface area contributed by atoms with Gasteiger partial charge < -0.3 is 10.2 Å². The number of rotatable bonds is 2. The Morgan fingerprint density at radius 3 is 2.50 bits per heavy atom. The fourth-order valence-electron chi connectivity index (χ4n) is 4.56. The normalized spacial score (nSPS) is 19.5. The van der Waals surface area contributed by atoms with Crippen LogP contribution in [-0.2, 0) is 11.2 Å². The molecule has 150 valence electrons. The van der Waals surface area contributed by atoms with Crippen LogP contribution in [0, 0.1) is 11.6 Å². The van der Waals surface area contributed by atoms with Crippen molar-refractivity contribution >= 4 is 17.5 Å². The number of benzene rings is 3. The van der Waals surface area contributed by atoms with Gasteiger partial charge in [0.1, 0.15) is 11.6 Å². The number of hydrogen-bond acceptors (Lipinski definition) is 2. The number of carbonyl (C=O) groups excluding carboxylic acids is 2. The van der Waals surface area contributed by atoms with Gasteiger partial charge in [0.15, 0.2) is 0 Å². The molecule has 1 N–H and O–H groups in total. The summed E-state index contributed by atoms with van der Waals surface area (Å²) in [4.78, 5) is 28.3. The Morgan fingerprint density at radius 2 is 1.70 bits per heavy atom. The van der Waals surface area contributed by atoms with Crippen LogP contribution in [0.15, 0.2) is 66.7 Å². The Balaban J connectivity index is 1.63. The van der Waals surface area contributed by atoms with E-state index in [-0.39, 0.29) is 11.6 Å². The zero-order chi connectivity index (χ0) is 20.8. The highest BCUT2D eigenvalue weighted by atomic mass is 19.1. The topological polar surface area (TPSA) is 49.4 Å². The number of nitrogens with one attached hydrogen (secondary N) is 1. The molecule has 0 saturated heterocycles. The molecule has 2 amide bonds. The number of halogens is 2. The molecule has 0 aromatic heterocycles. The van der Waals surface area contributed by atoms with Gasteiger partial charge in [-0.2, -0.15) is 0 Å². The van der Waals surface area contributed by atoms with Gasteiger partial charge >= 0.3 is 0 Å². The number of amides is 2. The van der Waals surface area contributed by atoms with E-state index in [0.717, 1.165) is 23.3 Å². The maximum Gasteiger partial charge on any atom is 0.254 e. The third-order valence-corrected chi connectivity index (χ3v) is 5.91. The van der Waals surface area contributed by atoms with Crippen molar-refractivity contribution < 1.29 is 18.4 Å². The second-order valence-corrected chi connectivity index (χ2v) is 7.57. The minimum Gasteiger partial charge on any atom is -0.330 e. The minimum atomic E-state index is -0.843. The molecule has 2 heterocycles. The molecule has 0 spiro atoms. The van der Waals surface area contributed by atoms with E-state index in [1.54, 1.807) is 29.2 Å². The van der Waals surface area contributed by atoms with Crippen LogP contribution in [0.2, 0.25) is 0 Å². The molecule has 3 aromatic carbocycles. The minimum absolute atomic E-state index is 0.0913. The number of anilines is 1. The van der Waals surface area contributed by atoms with Crippen LogP contribution in [0.25, 0.3) is 0 Å². The third-order valence-electron chi connectivity index (χ3n) is 5.91. The van der Waals surface area contributed by atoms with Gasteiger partial charge in [0.05, 0.1) is 17.6 Å². The lowest BCUT2D eigenvalue weighted by molar-refractivity contribution is -0.119. The highest BCUT2D eigenvalue weighted by Gasteiger charge is 2.46. The third kappa shape index (κ3) is 2.87. The molecule has 4 nitrogen and oxygen atoms in total. The van der Waals surface area contributed by atoms with Crippen molar-refractivity contribution in [3.63, 3.8) is 0 Å². The molecule has 3 aromatic rings. The van der Waals surface area contributed by atoms with E-state index in [0.29, 0.717) is 24.1 Å². The summed E-state index contributed by atoms with van der Waals surface area (Å²) >= 11 is 0. The van der Waals surface area contributed by atoms with Crippen LogP contribution in [0.1, 0.15) is 39.0 Å². The average molecular weight is 404 g/mol. The molecule has 2 aliphatic heterocycles. The van der Waals surface area contributed by atoms with Crippen molar-refractivity contribution in [1.82, 2.24) is 4.90 Å². The number of carbonyl (C=O) groups is 2. The van der Waals surface area contributed by atoms with Crippen LogP contribution in [0.4, 0.5) is 14.5 Å². The molecule has 2 atom stereocenters. The molecule has 0 radical (unpaired) electrons. The van der Waals surface area contributed by atoms with E-state index in [1.807, 2.05) is 24.3 Å². The molecular formula is C24H18F2N2O2. The molecule has 0 bridgehead atoms. The van der Waals surface area contributed by atoms with Gasteiger partial charge in [-0.1, -0.05) is 42.5 Å². The summed E-state index contributed by atoms with van der Waals surface area (Å²) < 4.78 is 27.5. The van der Waals surface area contributed by atoms with E-state index in [1.165, 1.54) is 6.07 Å². The molecule has 0 saturated carbocycles. The fraction of sp³-hybridized carbons (Fsp3) is 0.167. The Morgan fingerprint density at radius 1 is 0.967 bits per heavy atom. The first-order valence-electron chi connectivity index (χ1n) is 9.78. The van der Waals surface area contributed by atoms with Crippen molar-refractivity contribution in [1.29, 1.82) is 0 Å².